The number of hydrogen-bond donors (Lipinski definition) is 1. The van der Waals surface area contributed by atoms with Gasteiger partial charge < -0.3 is 10.1 Å². The van der Waals surface area contributed by atoms with Crippen molar-refractivity contribution in [2.24, 2.45) is 0 Å². The summed E-state index contributed by atoms with van der Waals surface area (Å²) in [6.07, 6.45) is 0.815. The van der Waals surface area contributed by atoms with E-state index in [2.05, 4.69) is 10.3 Å². The molecule has 3 rings (SSSR count). The Balaban J connectivity index is 1.88. The predicted octanol–water partition coefficient (Wildman–Crippen LogP) is 3.97. The first kappa shape index (κ1) is 18.6. The highest BCUT2D eigenvalue weighted by molar-refractivity contribution is 6.05. The largest absolute Gasteiger partial charge is 0.452 e. The highest BCUT2D eigenvalue weighted by Crippen LogP contribution is 2.25. The smallest absolute Gasteiger partial charge is 0.339 e. The second-order valence-corrected chi connectivity index (χ2v) is 6.39. The van der Waals surface area contributed by atoms with Crippen molar-refractivity contribution in [2.75, 3.05) is 6.61 Å². The van der Waals surface area contributed by atoms with Gasteiger partial charge in [-0.3, -0.25) is 4.79 Å². The molecule has 0 aliphatic carbocycles. The number of carbonyl (C=O) groups is 2. The number of nitrogens with zero attached hydrogens (tertiary/aromatic N) is 1. The van der Waals surface area contributed by atoms with E-state index in [-0.39, 0.29) is 18.6 Å². The molecule has 0 saturated carbocycles. The molecule has 3 aromatic rings. The molecule has 0 unspecified atom stereocenters. The van der Waals surface area contributed by atoms with Gasteiger partial charge in [-0.2, -0.15) is 0 Å². The van der Waals surface area contributed by atoms with Crippen molar-refractivity contribution in [1.29, 1.82) is 0 Å². The van der Waals surface area contributed by atoms with Gasteiger partial charge in [0.2, 0.25) is 0 Å². The molecule has 5 heteroatoms. The molecular weight excluding hydrogens is 340 g/mol. The maximum absolute atomic E-state index is 12.7. The highest BCUT2D eigenvalue weighted by atomic mass is 16.5. The maximum Gasteiger partial charge on any atom is 0.339 e. The van der Waals surface area contributed by atoms with Gasteiger partial charge in [0.05, 0.1) is 16.8 Å². The van der Waals surface area contributed by atoms with Crippen LogP contribution in [0.5, 0.6) is 0 Å². The summed E-state index contributed by atoms with van der Waals surface area (Å²) >= 11 is 0. The number of ether oxygens (including phenoxy) is 1. The topological polar surface area (TPSA) is 68.3 Å². The SMILES string of the molecule is CC[C@H](C)NC(=O)COC(=O)c1cc(-c2ccccc2)nc2ccccc12. The molecule has 0 saturated heterocycles. The number of amides is 1. The molecule has 5 nitrogen and oxygen atoms in total. The summed E-state index contributed by atoms with van der Waals surface area (Å²) in [5, 5.41) is 3.48. The van der Waals surface area contributed by atoms with Crippen molar-refractivity contribution >= 4 is 22.8 Å². The Kier molecular flexibility index (Phi) is 5.81. The lowest BCUT2D eigenvalue weighted by atomic mass is 10.0. The number of carbonyl (C=O) groups excluding carboxylic acids is 2. The van der Waals surface area contributed by atoms with E-state index in [1.54, 1.807) is 6.07 Å². The standard InChI is InChI=1S/C22H22N2O3/c1-3-15(2)23-21(25)14-27-22(26)18-13-20(16-9-5-4-6-10-16)24-19-12-8-7-11-17(18)19/h4-13,15H,3,14H2,1-2H3,(H,23,25)/t15-/m0/s1. The Morgan fingerprint density at radius 1 is 1.07 bits per heavy atom. The van der Waals surface area contributed by atoms with Gasteiger partial charge in [0.1, 0.15) is 0 Å². The normalized spacial score (nSPS) is 11.8. The summed E-state index contributed by atoms with van der Waals surface area (Å²) in [4.78, 5) is 29.2. The molecule has 1 amide bonds. The monoisotopic (exact) mass is 362 g/mol. The third kappa shape index (κ3) is 4.50. The van der Waals surface area contributed by atoms with E-state index in [0.29, 0.717) is 22.2 Å². The highest BCUT2D eigenvalue weighted by Gasteiger charge is 2.17. The Morgan fingerprint density at radius 3 is 2.52 bits per heavy atom. The van der Waals surface area contributed by atoms with Gasteiger partial charge >= 0.3 is 5.97 Å². The molecule has 2 aromatic carbocycles. The van der Waals surface area contributed by atoms with Gasteiger partial charge in [-0.1, -0.05) is 55.5 Å². The van der Waals surface area contributed by atoms with E-state index in [0.717, 1.165) is 12.0 Å². The summed E-state index contributed by atoms with van der Waals surface area (Å²) in [7, 11) is 0. The summed E-state index contributed by atoms with van der Waals surface area (Å²) in [5.74, 6) is -0.843. The van der Waals surface area contributed by atoms with Gasteiger partial charge in [-0.15, -0.1) is 0 Å². The molecule has 0 aliphatic heterocycles. The number of hydrogen-bond acceptors (Lipinski definition) is 4. The Hall–Kier alpha value is -3.21. The number of esters is 1. The Morgan fingerprint density at radius 2 is 1.78 bits per heavy atom. The quantitative estimate of drug-likeness (QED) is 0.674. The fourth-order valence-electron chi connectivity index (χ4n) is 2.73. The lowest BCUT2D eigenvalue weighted by Gasteiger charge is -2.12. The second kappa shape index (κ2) is 8.45. The minimum absolute atomic E-state index is 0.0441. The van der Waals surface area contributed by atoms with Crippen LogP contribution >= 0.6 is 0 Å². The van der Waals surface area contributed by atoms with Gasteiger partial charge in [0.25, 0.3) is 5.91 Å². The van der Waals surface area contributed by atoms with Gasteiger partial charge in [0.15, 0.2) is 6.61 Å². The predicted molar refractivity (Wildman–Crippen MR) is 105 cm³/mol. The van der Waals surface area contributed by atoms with Crippen molar-refractivity contribution < 1.29 is 14.3 Å². The fraction of sp³-hybridized carbons (Fsp3) is 0.227. The third-order valence-corrected chi connectivity index (χ3v) is 4.36. The van der Waals surface area contributed by atoms with E-state index < -0.39 is 5.97 Å². The minimum Gasteiger partial charge on any atom is -0.452 e. The van der Waals surface area contributed by atoms with E-state index >= 15 is 0 Å². The first-order valence-electron chi connectivity index (χ1n) is 9.00. The van der Waals surface area contributed by atoms with Crippen molar-refractivity contribution in [2.45, 2.75) is 26.3 Å². The van der Waals surface area contributed by atoms with Crippen molar-refractivity contribution in [3.05, 3.63) is 66.2 Å². The van der Waals surface area contributed by atoms with Crippen LogP contribution in [0.1, 0.15) is 30.6 Å². The molecular formula is C22H22N2O3. The van der Waals surface area contributed by atoms with Crippen LogP contribution in [0, 0.1) is 0 Å². The molecule has 27 heavy (non-hydrogen) atoms. The van der Waals surface area contributed by atoms with Crippen molar-refractivity contribution in [1.82, 2.24) is 10.3 Å². The molecule has 1 N–H and O–H groups in total. The fourth-order valence-corrected chi connectivity index (χ4v) is 2.73. The zero-order valence-electron chi connectivity index (χ0n) is 15.4. The zero-order chi connectivity index (χ0) is 19.2. The molecule has 1 heterocycles. The van der Waals surface area contributed by atoms with Crippen LogP contribution in [0.15, 0.2) is 60.7 Å². The van der Waals surface area contributed by atoms with E-state index in [4.69, 9.17) is 4.74 Å². The average Bonchev–Trinajstić information content (AvgIpc) is 2.71. The van der Waals surface area contributed by atoms with Crippen LogP contribution in [0.25, 0.3) is 22.2 Å². The molecule has 1 atom stereocenters. The third-order valence-electron chi connectivity index (χ3n) is 4.36. The summed E-state index contributed by atoms with van der Waals surface area (Å²) in [6, 6.07) is 18.8. The number of fused-ring (bicyclic) bond motifs is 1. The molecule has 0 bridgehead atoms. The number of nitrogens with one attached hydrogen (secondary N) is 1. The van der Waals surface area contributed by atoms with Gasteiger partial charge in [0, 0.05) is 17.0 Å². The van der Waals surface area contributed by atoms with E-state index in [1.165, 1.54) is 0 Å². The van der Waals surface area contributed by atoms with E-state index in [9.17, 15) is 9.59 Å². The number of pyridine rings is 1. The summed E-state index contributed by atoms with van der Waals surface area (Å²) in [6.45, 7) is 3.58. The average molecular weight is 362 g/mol. The number of rotatable bonds is 6. The van der Waals surface area contributed by atoms with Crippen molar-refractivity contribution in [3.8, 4) is 11.3 Å². The lowest BCUT2D eigenvalue weighted by Crippen LogP contribution is -2.35. The number of aromatic nitrogens is 1. The van der Waals surface area contributed by atoms with Crippen LogP contribution in [0.3, 0.4) is 0 Å². The summed E-state index contributed by atoms with van der Waals surface area (Å²) < 4.78 is 5.26. The molecule has 0 aliphatic rings. The molecule has 1 aromatic heterocycles. The minimum atomic E-state index is -0.537. The Labute approximate surface area is 158 Å². The van der Waals surface area contributed by atoms with Crippen LogP contribution in [-0.2, 0) is 9.53 Å². The van der Waals surface area contributed by atoms with Gasteiger partial charge in [-0.25, -0.2) is 9.78 Å². The lowest BCUT2D eigenvalue weighted by molar-refractivity contribution is -0.124. The van der Waals surface area contributed by atoms with Crippen LogP contribution < -0.4 is 5.32 Å². The first-order chi connectivity index (χ1) is 13.1. The Bertz CT molecular complexity index is 954. The van der Waals surface area contributed by atoms with Crippen LogP contribution in [0.4, 0.5) is 0 Å². The number of benzene rings is 2. The first-order valence-corrected chi connectivity index (χ1v) is 9.00. The molecule has 0 fully saturated rings. The summed E-state index contributed by atoms with van der Waals surface area (Å²) in [5.41, 5.74) is 2.70. The van der Waals surface area contributed by atoms with Gasteiger partial charge in [-0.05, 0) is 25.5 Å². The molecule has 138 valence electrons. The maximum atomic E-state index is 12.7. The van der Waals surface area contributed by atoms with E-state index in [1.807, 2.05) is 68.4 Å². The number of para-hydroxylation sites is 1. The van der Waals surface area contributed by atoms with Crippen LogP contribution in [0.2, 0.25) is 0 Å². The van der Waals surface area contributed by atoms with Crippen molar-refractivity contribution in [3.63, 3.8) is 0 Å². The molecule has 0 spiro atoms. The second-order valence-electron chi connectivity index (χ2n) is 6.39. The van der Waals surface area contributed by atoms with Crippen LogP contribution in [-0.4, -0.2) is 29.5 Å². The molecule has 0 radical (unpaired) electrons. The zero-order valence-corrected chi connectivity index (χ0v) is 15.4.